The summed E-state index contributed by atoms with van der Waals surface area (Å²) in [5.41, 5.74) is -0.620. The van der Waals surface area contributed by atoms with Crippen LogP contribution in [0.25, 0.3) is 0 Å². The highest BCUT2D eigenvalue weighted by Gasteiger charge is 2.55. The standard InChI is InChI=1S/C17H19FN2O4/c1-16(2,3)24-13(21)9-20-14(22)17(19-15(20)23)7-6-10-8-11(18)4-5-12(10)17/h4-5,8H,6-7,9H2,1-3H3,(H,19,23). The minimum atomic E-state index is -1.21. The molecule has 7 heteroatoms. The third-order valence-electron chi connectivity index (χ3n) is 4.18. The minimum Gasteiger partial charge on any atom is -0.459 e. The largest absolute Gasteiger partial charge is 0.459 e. The van der Waals surface area contributed by atoms with Crippen LogP contribution in [0.4, 0.5) is 9.18 Å². The number of carbonyl (C=O) groups excluding carboxylic acids is 3. The summed E-state index contributed by atoms with van der Waals surface area (Å²) in [6, 6.07) is 3.53. The number of rotatable bonds is 2. The number of amides is 3. The Morgan fingerprint density at radius 1 is 1.38 bits per heavy atom. The molecule has 0 bridgehead atoms. The monoisotopic (exact) mass is 334 g/mol. The summed E-state index contributed by atoms with van der Waals surface area (Å²) in [7, 11) is 0. The van der Waals surface area contributed by atoms with E-state index in [1.54, 1.807) is 20.8 Å². The predicted octanol–water partition coefficient (Wildman–Crippen LogP) is 1.86. The lowest BCUT2D eigenvalue weighted by atomic mass is 9.92. The number of nitrogens with one attached hydrogen (secondary N) is 1. The molecule has 0 saturated carbocycles. The van der Waals surface area contributed by atoms with Gasteiger partial charge in [-0.1, -0.05) is 6.07 Å². The maximum absolute atomic E-state index is 13.4. The molecular weight excluding hydrogens is 315 g/mol. The predicted molar refractivity (Wildman–Crippen MR) is 82.5 cm³/mol. The number of fused-ring (bicyclic) bond motifs is 2. The number of benzene rings is 1. The Balaban J connectivity index is 1.85. The Kier molecular flexibility index (Phi) is 3.62. The van der Waals surface area contributed by atoms with E-state index in [4.69, 9.17) is 4.74 Å². The van der Waals surface area contributed by atoms with Crippen molar-refractivity contribution in [3.05, 3.63) is 35.1 Å². The first-order valence-corrected chi connectivity index (χ1v) is 7.77. The fourth-order valence-corrected chi connectivity index (χ4v) is 3.27. The van der Waals surface area contributed by atoms with Crippen LogP contribution >= 0.6 is 0 Å². The van der Waals surface area contributed by atoms with Gasteiger partial charge < -0.3 is 10.1 Å². The molecule has 3 amide bonds. The number of hydrogen-bond donors (Lipinski definition) is 1. The zero-order valence-electron chi connectivity index (χ0n) is 13.8. The third-order valence-corrected chi connectivity index (χ3v) is 4.18. The minimum absolute atomic E-state index is 0.348. The summed E-state index contributed by atoms with van der Waals surface area (Å²) in [4.78, 5) is 37.9. The van der Waals surface area contributed by atoms with Gasteiger partial charge in [0.05, 0.1) is 0 Å². The Bertz CT molecular complexity index is 741. The number of carbonyl (C=O) groups is 3. The molecule has 2 aliphatic rings. The molecular formula is C17H19FN2O4. The fraction of sp³-hybridized carbons (Fsp3) is 0.471. The van der Waals surface area contributed by atoms with Crippen LogP contribution in [0, 0.1) is 5.82 Å². The van der Waals surface area contributed by atoms with Crippen LogP contribution in [-0.4, -0.2) is 35.0 Å². The van der Waals surface area contributed by atoms with E-state index in [9.17, 15) is 18.8 Å². The van der Waals surface area contributed by atoms with Gasteiger partial charge in [0.25, 0.3) is 5.91 Å². The quantitative estimate of drug-likeness (QED) is 0.662. The molecule has 1 aliphatic carbocycles. The number of aryl methyl sites for hydroxylation is 1. The van der Waals surface area contributed by atoms with Crippen molar-refractivity contribution in [3.63, 3.8) is 0 Å². The molecule has 1 unspecified atom stereocenters. The van der Waals surface area contributed by atoms with Gasteiger partial charge in [-0.3, -0.25) is 14.5 Å². The maximum Gasteiger partial charge on any atom is 0.326 e. The number of halogens is 1. The van der Waals surface area contributed by atoms with Crippen molar-refractivity contribution >= 4 is 17.9 Å². The van der Waals surface area contributed by atoms with E-state index in [-0.39, 0.29) is 5.82 Å². The van der Waals surface area contributed by atoms with Gasteiger partial charge in [-0.15, -0.1) is 0 Å². The summed E-state index contributed by atoms with van der Waals surface area (Å²) < 4.78 is 18.5. The Hall–Kier alpha value is -2.44. The highest BCUT2D eigenvalue weighted by Crippen LogP contribution is 2.41. The van der Waals surface area contributed by atoms with Crippen molar-refractivity contribution in [1.29, 1.82) is 0 Å². The molecule has 0 aromatic heterocycles. The SMILES string of the molecule is CC(C)(C)OC(=O)CN1C(=O)NC2(CCc3cc(F)ccc32)C1=O. The lowest BCUT2D eigenvalue weighted by molar-refractivity contribution is -0.157. The molecule has 1 aliphatic heterocycles. The maximum atomic E-state index is 13.4. The highest BCUT2D eigenvalue weighted by atomic mass is 19.1. The molecule has 24 heavy (non-hydrogen) atoms. The smallest absolute Gasteiger partial charge is 0.326 e. The molecule has 1 aromatic rings. The van der Waals surface area contributed by atoms with Crippen LogP contribution in [0.5, 0.6) is 0 Å². The van der Waals surface area contributed by atoms with E-state index in [1.165, 1.54) is 18.2 Å². The molecule has 6 nitrogen and oxygen atoms in total. The fourth-order valence-electron chi connectivity index (χ4n) is 3.27. The van der Waals surface area contributed by atoms with E-state index >= 15 is 0 Å². The summed E-state index contributed by atoms with van der Waals surface area (Å²) in [6.45, 7) is 4.68. The Morgan fingerprint density at radius 3 is 2.75 bits per heavy atom. The average molecular weight is 334 g/mol. The average Bonchev–Trinajstić information content (AvgIpc) is 2.91. The lowest BCUT2D eigenvalue weighted by Gasteiger charge is -2.23. The van der Waals surface area contributed by atoms with Crippen LogP contribution in [-0.2, 0) is 26.3 Å². The number of ether oxygens (including phenoxy) is 1. The van der Waals surface area contributed by atoms with E-state index < -0.39 is 35.6 Å². The highest BCUT2D eigenvalue weighted by molar-refractivity contribution is 6.09. The van der Waals surface area contributed by atoms with Crippen molar-refractivity contribution < 1.29 is 23.5 Å². The van der Waals surface area contributed by atoms with Gasteiger partial charge >= 0.3 is 12.0 Å². The zero-order chi connectivity index (χ0) is 17.7. The molecule has 1 atom stereocenters. The van der Waals surface area contributed by atoms with E-state index in [0.717, 1.165) is 4.90 Å². The van der Waals surface area contributed by atoms with Crippen LogP contribution in [0.15, 0.2) is 18.2 Å². The van der Waals surface area contributed by atoms with E-state index in [1.807, 2.05) is 0 Å². The number of urea groups is 1. The molecule has 0 radical (unpaired) electrons. The van der Waals surface area contributed by atoms with Gasteiger partial charge in [0.2, 0.25) is 0 Å². The second-order valence-electron chi connectivity index (χ2n) is 7.11. The first-order valence-electron chi connectivity index (χ1n) is 7.77. The zero-order valence-corrected chi connectivity index (χ0v) is 13.8. The van der Waals surface area contributed by atoms with Crippen LogP contribution in [0.1, 0.15) is 38.3 Å². The van der Waals surface area contributed by atoms with Crippen molar-refractivity contribution in [1.82, 2.24) is 10.2 Å². The molecule has 1 N–H and O–H groups in total. The van der Waals surface area contributed by atoms with Gasteiger partial charge in [0.1, 0.15) is 23.5 Å². The van der Waals surface area contributed by atoms with Crippen LogP contribution in [0.3, 0.4) is 0 Å². The topological polar surface area (TPSA) is 75.7 Å². The molecule has 1 heterocycles. The molecule has 1 aromatic carbocycles. The third kappa shape index (κ3) is 2.64. The second kappa shape index (κ2) is 5.29. The van der Waals surface area contributed by atoms with Crippen LogP contribution < -0.4 is 5.32 Å². The molecule has 1 spiro atoms. The number of imide groups is 1. The number of esters is 1. The number of hydrogen-bond acceptors (Lipinski definition) is 4. The second-order valence-corrected chi connectivity index (χ2v) is 7.11. The van der Waals surface area contributed by atoms with Crippen LogP contribution in [0.2, 0.25) is 0 Å². The first-order chi connectivity index (χ1) is 11.1. The molecule has 3 rings (SSSR count). The van der Waals surface area contributed by atoms with Gasteiger partial charge in [-0.25, -0.2) is 9.18 Å². The van der Waals surface area contributed by atoms with Crippen molar-refractivity contribution in [2.45, 2.75) is 44.8 Å². The lowest BCUT2D eigenvalue weighted by Crippen LogP contribution is -2.43. The van der Waals surface area contributed by atoms with Gasteiger partial charge in [-0.2, -0.15) is 0 Å². The molecule has 1 fully saturated rings. The first kappa shape index (κ1) is 16.4. The van der Waals surface area contributed by atoms with Gasteiger partial charge in [-0.05, 0) is 56.9 Å². The normalized spacial score (nSPS) is 22.8. The van der Waals surface area contributed by atoms with Gasteiger partial charge in [0.15, 0.2) is 0 Å². The Morgan fingerprint density at radius 2 is 2.08 bits per heavy atom. The molecule has 128 valence electrons. The van der Waals surface area contributed by atoms with Crippen molar-refractivity contribution in [2.75, 3.05) is 6.54 Å². The number of nitrogens with zero attached hydrogens (tertiary/aromatic N) is 1. The van der Waals surface area contributed by atoms with Crippen molar-refractivity contribution in [2.24, 2.45) is 0 Å². The van der Waals surface area contributed by atoms with Gasteiger partial charge in [0, 0.05) is 0 Å². The Labute approximate surface area is 139 Å². The summed E-state index contributed by atoms with van der Waals surface area (Å²) in [5.74, 6) is -1.53. The summed E-state index contributed by atoms with van der Waals surface area (Å²) in [6.07, 6.45) is 0.834. The summed E-state index contributed by atoms with van der Waals surface area (Å²) >= 11 is 0. The summed E-state index contributed by atoms with van der Waals surface area (Å²) in [5, 5.41) is 2.68. The van der Waals surface area contributed by atoms with E-state index in [2.05, 4.69) is 5.32 Å². The van der Waals surface area contributed by atoms with Crippen molar-refractivity contribution in [3.8, 4) is 0 Å². The van der Waals surface area contributed by atoms with E-state index in [0.29, 0.717) is 24.0 Å². The molecule has 1 saturated heterocycles.